The number of nitrogens with one attached hydrogen (secondary N) is 1. The van der Waals surface area contributed by atoms with Crippen molar-refractivity contribution in [3.8, 4) is 5.88 Å². The SMILES string of the molecule is COc1ncnc(NOCC(=O)O)c1[N+](=O)[O-]. The zero-order chi connectivity index (χ0) is 12.8. The average Bonchev–Trinajstić information content (AvgIpc) is 2.27. The summed E-state index contributed by atoms with van der Waals surface area (Å²) in [6.45, 7) is -0.677. The van der Waals surface area contributed by atoms with Gasteiger partial charge >= 0.3 is 11.7 Å². The van der Waals surface area contributed by atoms with E-state index in [9.17, 15) is 14.9 Å². The molecule has 0 saturated heterocycles. The van der Waals surface area contributed by atoms with E-state index in [2.05, 4.69) is 19.5 Å². The summed E-state index contributed by atoms with van der Waals surface area (Å²) in [7, 11) is 1.21. The highest BCUT2D eigenvalue weighted by Gasteiger charge is 2.24. The molecule has 0 bridgehead atoms. The minimum atomic E-state index is -1.24. The third-order valence-corrected chi connectivity index (χ3v) is 1.53. The number of rotatable bonds is 6. The van der Waals surface area contributed by atoms with Crippen LogP contribution in [0.3, 0.4) is 0 Å². The van der Waals surface area contributed by atoms with Gasteiger partial charge in [-0.1, -0.05) is 0 Å². The number of nitrogens with zero attached hydrogens (tertiary/aromatic N) is 3. The molecule has 92 valence electrons. The summed E-state index contributed by atoms with van der Waals surface area (Å²) in [5, 5.41) is 19.0. The minimum absolute atomic E-state index is 0.258. The van der Waals surface area contributed by atoms with Crippen molar-refractivity contribution in [3.05, 3.63) is 16.4 Å². The molecule has 0 aliphatic carbocycles. The molecule has 0 aliphatic heterocycles. The topological polar surface area (TPSA) is 137 Å². The molecule has 0 amide bonds. The van der Waals surface area contributed by atoms with E-state index in [0.717, 1.165) is 6.33 Å². The smallest absolute Gasteiger partial charge is 0.374 e. The van der Waals surface area contributed by atoms with Gasteiger partial charge in [-0.15, -0.1) is 0 Å². The van der Waals surface area contributed by atoms with Gasteiger partial charge in [0.25, 0.3) is 5.88 Å². The van der Waals surface area contributed by atoms with Gasteiger partial charge in [-0.25, -0.2) is 15.3 Å². The van der Waals surface area contributed by atoms with Crippen molar-refractivity contribution in [2.45, 2.75) is 0 Å². The molecule has 1 rings (SSSR count). The normalized spacial score (nSPS) is 9.71. The van der Waals surface area contributed by atoms with Crippen LogP contribution in [0.1, 0.15) is 0 Å². The molecule has 2 N–H and O–H groups in total. The molecule has 10 heteroatoms. The Bertz CT molecular complexity index is 436. The molecule has 0 aromatic carbocycles. The number of aromatic nitrogens is 2. The van der Waals surface area contributed by atoms with E-state index < -0.39 is 23.2 Å². The second-order valence-corrected chi connectivity index (χ2v) is 2.62. The summed E-state index contributed by atoms with van der Waals surface area (Å²) in [5.74, 6) is -1.78. The molecule has 17 heavy (non-hydrogen) atoms. The molecule has 1 aromatic heterocycles. The molecule has 0 radical (unpaired) electrons. The fourth-order valence-electron chi connectivity index (χ4n) is 0.917. The number of nitro groups is 1. The molecule has 0 aliphatic rings. The zero-order valence-electron chi connectivity index (χ0n) is 8.61. The molecule has 1 heterocycles. The van der Waals surface area contributed by atoms with E-state index in [1.54, 1.807) is 0 Å². The van der Waals surface area contributed by atoms with Crippen LogP contribution in [-0.4, -0.2) is 39.7 Å². The molecule has 0 spiro atoms. The third kappa shape index (κ3) is 3.24. The predicted octanol–water partition coefficient (Wildman–Crippen LogP) is -0.179. The third-order valence-electron chi connectivity index (χ3n) is 1.53. The van der Waals surface area contributed by atoms with Gasteiger partial charge in [0, 0.05) is 0 Å². The highest BCUT2D eigenvalue weighted by molar-refractivity contribution is 5.68. The number of anilines is 1. The molecule has 10 nitrogen and oxygen atoms in total. The fourth-order valence-corrected chi connectivity index (χ4v) is 0.917. The van der Waals surface area contributed by atoms with Crippen molar-refractivity contribution < 1.29 is 24.4 Å². The lowest BCUT2D eigenvalue weighted by atomic mass is 10.5. The number of aliphatic carboxylic acids is 1. The Balaban J connectivity index is 2.90. The van der Waals surface area contributed by atoms with Crippen molar-refractivity contribution >= 4 is 17.5 Å². The van der Waals surface area contributed by atoms with Crippen molar-refractivity contribution in [1.29, 1.82) is 0 Å². The Kier molecular flexibility index (Phi) is 4.11. The quantitative estimate of drug-likeness (QED) is 0.515. The van der Waals surface area contributed by atoms with Gasteiger partial charge in [0.05, 0.1) is 12.0 Å². The van der Waals surface area contributed by atoms with Crippen LogP contribution in [0, 0.1) is 10.1 Å². The zero-order valence-corrected chi connectivity index (χ0v) is 8.61. The lowest BCUT2D eigenvalue weighted by Gasteiger charge is -2.06. The Morgan fingerprint density at radius 2 is 2.35 bits per heavy atom. The first-order chi connectivity index (χ1) is 8.06. The van der Waals surface area contributed by atoms with E-state index >= 15 is 0 Å². The van der Waals surface area contributed by atoms with E-state index in [1.807, 2.05) is 5.48 Å². The number of hydrogen-bond acceptors (Lipinski definition) is 8. The lowest BCUT2D eigenvalue weighted by Crippen LogP contribution is -2.13. The second kappa shape index (κ2) is 5.55. The first-order valence-electron chi connectivity index (χ1n) is 4.19. The summed E-state index contributed by atoms with van der Waals surface area (Å²) >= 11 is 0. The number of carbonyl (C=O) groups is 1. The number of methoxy groups -OCH3 is 1. The van der Waals surface area contributed by atoms with Crippen LogP contribution in [0.4, 0.5) is 11.5 Å². The number of ether oxygens (including phenoxy) is 1. The highest BCUT2D eigenvalue weighted by Crippen LogP contribution is 2.30. The Morgan fingerprint density at radius 1 is 1.65 bits per heavy atom. The van der Waals surface area contributed by atoms with Gasteiger partial charge < -0.3 is 9.84 Å². The van der Waals surface area contributed by atoms with E-state index in [1.165, 1.54) is 7.11 Å². The number of carboxylic acid groups (broad SMARTS) is 1. The van der Waals surface area contributed by atoms with Crippen LogP contribution >= 0.6 is 0 Å². The molecule has 0 atom stereocenters. The Morgan fingerprint density at radius 3 is 2.88 bits per heavy atom. The van der Waals surface area contributed by atoms with Crippen LogP contribution in [0.15, 0.2) is 6.33 Å². The summed E-state index contributed by atoms with van der Waals surface area (Å²) in [4.78, 5) is 31.7. The van der Waals surface area contributed by atoms with Gasteiger partial charge in [0.15, 0.2) is 6.61 Å². The van der Waals surface area contributed by atoms with Crippen molar-refractivity contribution in [3.63, 3.8) is 0 Å². The van der Waals surface area contributed by atoms with E-state index in [-0.39, 0.29) is 11.7 Å². The first-order valence-corrected chi connectivity index (χ1v) is 4.19. The lowest BCUT2D eigenvalue weighted by molar-refractivity contribution is -0.385. The first kappa shape index (κ1) is 12.6. The maximum Gasteiger partial charge on any atom is 0.374 e. The van der Waals surface area contributed by atoms with Crippen molar-refractivity contribution in [2.24, 2.45) is 0 Å². The summed E-state index contributed by atoms with van der Waals surface area (Å²) in [6.07, 6.45) is 1.01. The maximum atomic E-state index is 10.7. The molecular formula is C7H8N4O6. The minimum Gasteiger partial charge on any atom is -0.479 e. The Labute approximate surface area is 94.3 Å². The van der Waals surface area contributed by atoms with Gasteiger partial charge in [-0.2, -0.15) is 4.98 Å². The molecule has 0 saturated carbocycles. The van der Waals surface area contributed by atoms with E-state index in [0.29, 0.717) is 0 Å². The van der Waals surface area contributed by atoms with Gasteiger partial charge in [-0.3, -0.25) is 15.0 Å². The molecular weight excluding hydrogens is 236 g/mol. The summed E-state index contributed by atoms with van der Waals surface area (Å²) < 4.78 is 4.67. The predicted molar refractivity (Wildman–Crippen MR) is 52.4 cm³/mol. The van der Waals surface area contributed by atoms with Gasteiger partial charge in [0.2, 0.25) is 5.82 Å². The van der Waals surface area contributed by atoms with Crippen molar-refractivity contribution in [2.75, 3.05) is 19.2 Å². The standard InChI is InChI=1S/C7H8N4O6/c1-16-7-5(11(14)15)6(8-3-9-7)10-17-2-4(12)13/h3H,2H2,1H3,(H,12,13)(H,8,9,10). The van der Waals surface area contributed by atoms with Crippen LogP contribution in [0.25, 0.3) is 0 Å². The van der Waals surface area contributed by atoms with Gasteiger partial charge in [-0.05, 0) is 0 Å². The Hall–Kier alpha value is -2.49. The summed E-state index contributed by atoms with van der Waals surface area (Å²) in [5.41, 5.74) is 1.51. The van der Waals surface area contributed by atoms with Crippen LogP contribution < -0.4 is 10.2 Å². The van der Waals surface area contributed by atoms with Crippen molar-refractivity contribution in [1.82, 2.24) is 9.97 Å². The van der Waals surface area contributed by atoms with Crippen LogP contribution in [0.2, 0.25) is 0 Å². The van der Waals surface area contributed by atoms with Gasteiger partial charge in [0.1, 0.15) is 6.33 Å². The van der Waals surface area contributed by atoms with E-state index in [4.69, 9.17) is 5.11 Å². The molecule has 0 unspecified atom stereocenters. The number of carboxylic acids is 1. The maximum absolute atomic E-state index is 10.7. The van der Waals surface area contributed by atoms with Crippen LogP contribution in [-0.2, 0) is 9.63 Å². The monoisotopic (exact) mass is 244 g/mol. The average molecular weight is 244 g/mol. The molecule has 0 fully saturated rings. The van der Waals surface area contributed by atoms with Crippen LogP contribution in [0.5, 0.6) is 5.88 Å². The number of hydrogen-bond donors (Lipinski definition) is 2. The fraction of sp³-hybridized carbons (Fsp3) is 0.286. The molecule has 1 aromatic rings. The largest absolute Gasteiger partial charge is 0.479 e. The summed E-state index contributed by atoms with van der Waals surface area (Å²) in [6, 6.07) is 0. The highest BCUT2D eigenvalue weighted by atomic mass is 16.7. The second-order valence-electron chi connectivity index (χ2n) is 2.62.